The number of aromatic nitrogens is 2. The maximum Gasteiger partial charge on any atom is 0.335 e. The number of rotatable bonds is 6. The van der Waals surface area contributed by atoms with Crippen molar-refractivity contribution in [1.29, 1.82) is 0 Å². The topological polar surface area (TPSA) is 99.7 Å². The summed E-state index contributed by atoms with van der Waals surface area (Å²) < 4.78 is 1.93. The van der Waals surface area contributed by atoms with Crippen molar-refractivity contribution in [1.82, 2.24) is 9.55 Å². The summed E-state index contributed by atoms with van der Waals surface area (Å²) in [6.07, 6.45) is 5.16. The standard InChI is InChI=1S/C18H22N4O3/c1-2-3-12-4-5-14(18(24)25)8-13(12)6-7-22-11-21-16-15(23)9-19-10-20-17(16)22/h4-5,8,10-11,15,23H,2-3,6-7,9H2,1H3,(H,19,20)(H,24,25). The van der Waals surface area contributed by atoms with Crippen LogP contribution >= 0.6 is 0 Å². The summed E-state index contributed by atoms with van der Waals surface area (Å²) in [5.41, 5.74) is 3.10. The largest absolute Gasteiger partial charge is 0.478 e. The zero-order valence-corrected chi connectivity index (χ0v) is 14.1. The van der Waals surface area contributed by atoms with E-state index < -0.39 is 12.1 Å². The monoisotopic (exact) mass is 342 g/mol. The molecule has 0 saturated carbocycles. The Bertz CT molecular complexity index is 798. The summed E-state index contributed by atoms with van der Waals surface area (Å²) in [6.45, 7) is 3.03. The lowest BCUT2D eigenvalue weighted by atomic mass is 9.98. The van der Waals surface area contributed by atoms with Gasteiger partial charge in [0.2, 0.25) is 0 Å². The zero-order chi connectivity index (χ0) is 17.8. The van der Waals surface area contributed by atoms with Gasteiger partial charge < -0.3 is 20.1 Å². The van der Waals surface area contributed by atoms with E-state index in [-0.39, 0.29) is 6.54 Å². The van der Waals surface area contributed by atoms with Gasteiger partial charge in [-0.1, -0.05) is 19.4 Å². The molecule has 132 valence electrons. The predicted molar refractivity (Wildman–Crippen MR) is 95.3 cm³/mol. The van der Waals surface area contributed by atoms with Crippen LogP contribution in [0.5, 0.6) is 0 Å². The molecule has 0 amide bonds. The average molecular weight is 342 g/mol. The van der Waals surface area contributed by atoms with Gasteiger partial charge in [0.15, 0.2) is 0 Å². The lowest BCUT2D eigenvalue weighted by Gasteiger charge is -2.13. The van der Waals surface area contributed by atoms with Crippen LogP contribution in [0.4, 0.5) is 5.82 Å². The number of aliphatic hydroxyl groups is 1. The SMILES string of the molecule is CCCc1ccc(C(=O)O)cc1CCn1cnc2c1NC=NCC2O. The Morgan fingerprint density at radius 2 is 2.20 bits per heavy atom. The number of hydrogen-bond acceptors (Lipinski definition) is 5. The van der Waals surface area contributed by atoms with Gasteiger partial charge in [-0.3, -0.25) is 4.99 Å². The second-order valence-electron chi connectivity index (χ2n) is 6.11. The third kappa shape index (κ3) is 3.71. The molecule has 0 aliphatic carbocycles. The van der Waals surface area contributed by atoms with E-state index in [4.69, 9.17) is 0 Å². The lowest BCUT2D eigenvalue weighted by Crippen LogP contribution is -2.09. The summed E-state index contributed by atoms with van der Waals surface area (Å²) in [6, 6.07) is 5.33. The number of anilines is 1. The highest BCUT2D eigenvalue weighted by Gasteiger charge is 2.20. The van der Waals surface area contributed by atoms with Crippen molar-refractivity contribution in [2.24, 2.45) is 4.99 Å². The molecule has 0 saturated heterocycles. The van der Waals surface area contributed by atoms with Crippen molar-refractivity contribution in [3.63, 3.8) is 0 Å². The van der Waals surface area contributed by atoms with Crippen molar-refractivity contribution in [3.8, 4) is 0 Å². The van der Waals surface area contributed by atoms with Gasteiger partial charge in [-0.05, 0) is 36.1 Å². The second-order valence-corrected chi connectivity index (χ2v) is 6.11. The normalized spacial score (nSPS) is 16.2. The zero-order valence-electron chi connectivity index (χ0n) is 14.1. The summed E-state index contributed by atoms with van der Waals surface area (Å²) in [4.78, 5) is 19.6. The third-order valence-corrected chi connectivity index (χ3v) is 4.35. The Morgan fingerprint density at radius 3 is 2.96 bits per heavy atom. The minimum Gasteiger partial charge on any atom is -0.478 e. The molecule has 7 heteroatoms. The van der Waals surface area contributed by atoms with Crippen LogP contribution in [0.1, 0.15) is 46.6 Å². The van der Waals surface area contributed by atoms with Crippen LogP contribution in [0, 0.1) is 0 Å². The molecule has 1 atom stereocenters. The first kappa shape index (κ1) is 17.2. The van der Waals surface area contributed by atoms with Gasteiger partial charge in [0.25, 0.3) is 0 Å². The van der Waals surface area contributed by atoms with Crippen molar-refractivity contribution in [2.45, 2.75) is 38.8 Å². The van der Waals surface area contributed by atoms with E-state index in [0.29, 0.717) is 24.2 Å². The number of aryl methyl sites for hydroxylation is 3. The molecule has 1 aromatic heterocycles. The van der Waals surface area contributed by atoms with Gasteiger partial charge in [-0.25, -0.2) is 9.78 Å². The molecule has 7 nitrogen and oxygen atoms in total. The van der Waals surface area contributed by atoms with E-state index in [0.717, 1.165) is 24.2 Å². The molecule has 3 N–H and O–H groups in total. The number of fused-ring (bicyclic) bond motifs is 1. The maximum atomic E-state index is 11.3. The van der Waals surface area contributed by atoms with E-state index in [1.807, 2.05) is 10.6 Å². The van der Waals surface area contributed by atoms with Crippen LogP contribution in [-0.4, -0.2) is 38.6 Å². The number of hydrogen-bond donors (Lipinski definition) is 3. The third-order valence-electron chi connectivity index (χ3n) is 4.35. The van der Waals surface area contributed by atoms with Crippen molar-refractivity contribution >= 4 is 18.1 Å². The molecule has 3 rings (SSSR count). The molecule has 1 unspecified atom stereocenters. The number of nitrogens with zero attached hydrogens (tertiary/aromatic N) is 3. The number of nitrogens with one attached hydrogen (secondary N) is 1. The molecular weight excluding hydrogens is 320 g/mol. The minimum atomic E-state index is -0.915. The Hall–Kier alpha value is -2.67. The molecular formula is C18H22N4O3. The fourth-order valence-corrected chi connectivity index (χ4v) is 3.06. The number of carboxylic acid groups (broad SMARTS) is 1. The van der Waals surface area contributed by atoms with Crippen molar-refractivity contribution in [3.05, 3.63) is 46.9 Å². The van der Waals surface area contributed by atoms with E-state index in [1.54, 1.807) is 24.8 Å². The van der Waals surface area contributed by atoms with E-state index in [1.165, 1.54) is 5.56 Å². The number of carboxylic acids is 1. The summed E-state index contributed by atoms with van der Waals surface area (Å²) >= 11 is 0. The highest BCUT2D eigenvalue weighted by molar-refractivity contribution is 5.87. The summed E-state index contributed by atoms with van der Waals surface area (Å²) in [7, 11) is 0. The Kier molecular flexibility index (Phi) is 5.14. The van der Waals surface area contributed by atoms with Crippen molar-refractivity contribution < 1.29 is 15.0 Å². The molecule has 0 radical (unpaired) electrons. The number of benzene rings is 1. The van der Waals surface area contributed by atoms with Crippen LogP contribution in [0.3, 0.4) is 0 Å². The maximum absolute atomic E-state index is 11.3. The summed E-state index contributed by atoms with van der Waals surface area (Å²) in [5, 5.41) is 22.4. The fraction of sp³-hybridized carbons (Fsp3) is 0.389. The molecule has 0 spiro atoms. The van der Waals surface area contributed by atoms with E-state index in [9.17, 15) is 15.0 Å². The number of aliphatic imine (C=N–C) groups is 1. The highest BCUT2D eigenvalue weighted by Crippen LogP contribution is 2.24. The van der Waals surface area contributed by atoms with E-state index >= 15 is 0 Å². The second kappa shape index (κ2) is 7.48. The van der Waals surface area contributed by atoms with Crippen LogP contribution in [0.2, 0.25) is 0 Å². The lowest BCUT2D eigenvalue weighted by molar-refractivity contribution is 0.0696. The quantitative estimate of drug-likeness (QED) is 0.748. The number of carbonyl (C=O) groups is 1. The van der Waals surface area contributed by atoms with Crippen LogP contribution in [-0.2, 0) is 19.4 Å². The van der Waals surface area contributed by atoms with Gasteiger partial charge in [0.05, 0.1) is 24.8 Å². The first-order valence-corrected chi connectivity index (χ1v) is 8.43. The Labute approximate surface area is 146 Å². The van der Waals surface area contributed by atoms with Crippen molar-refractivity contribution in [2.75, 3.05) is 11.9 Å². The molecule has 1 aliphatic heterocycles. The average Bonchev–Trinajstić information content (AvgIpc) is 2.91. The Morgan fingerprint density at radius 1 is 1.36 bits per heavy atom. The number of imidazole rings is 1. The van der Waals surface area contributed by atoms with Gasteiger partial charge in [0, 0.05) is 6.54 Å². The van der Waals surface area contributed by atoms with Gasteiger partial charge >= 0.3 is 5.97 Å². The summed E-state index contributed by atoms with van der Waals surface area (Å²) in [5.74, 6) is -0.179. The van der Waals surface area contributed by atoms with Crippen LogP contribution < -0.4 is 5.32 Å². The fourth-order valence-electron chi connectivity index (χ4n) is 3.06. The van der Waals surface area contributed by atoms with E-state index in [2.05, 4.69) is 22.2 Å². The molecule has 1 aliphatic rings. The number of aliphatic hydroxyl groups excluding tert-OH is 1. The number of aromatic carboxylic acids is 1. The molecule has 2 aromatic rings. The molecule has 0 fully saturated rings. The molecule has 25 heavy (non-hydrogen) atoms. The van der Waals surface area contributed by atoms with Gasteiger partial charge in [-0.15, -0.1) is 0 Å². The highest BCUT2D eigenvalue weighted by atomic mass is 16.4. The predicted octanol–water partition coefficient (Wildman–Crippen LogP) is 2.26. The molecule has 1 aromatic carbocycles. The van der Waals surface area contributed by atoms with Gasteiger partial charge in [-0.2, -0.15) is 0 Å². The first-order valence-electron chi connectivity index (χ1n) is 8.43. The van der Waals surface area contributed by atoms with Gasteiger partial charge in [0.1, 0.15) is 17.6 Å². The Balaban J connectivity index is 1.83. The first-order chi connectivity index (χ1) is 12.1. The smallest absolute Gasteiger partial charge is 0.335 e. The minimum absolute atomic E-state index is 0.290. The van der Waals surface area contributed by atoms with Crippen LogP contribution in [0.15, 0.2) is 29.5 Å². The molecule has 2 heterocycles. The van der Waals surface area contributed by atoms with Crippen LogP contribution in [0.25, 0.3) is 0 Å². The molecule has 0 bridgehead atoms.